The van der Waals surface area contributed by atoms with Gasteiger partial charge in [0.05, 0.1) is 15.4 Å². The standard InChI is InChI=1S/C23H15Cl2NO5S/c24-18-8-1-14(2-9-18)13-32-21(12-15-3-10-19(25)20(11-15)26(30)31)22(27)16-4-6-17(7-5-16)23(28)29/h1-12H,13H2,(H,28,29)/b21-12+. The molecule has 0 atom stereocenters. The van der Waals surface area contributed by atoms with E-state index in [0.29, 0.717) is 26.8 Å². The molecular weight excluding hydrogens is 473 g/mol. The first-order valence-corrected chi connectivity index (χ1v) is 10.9. The van der Waals surface area contributed by atoms with Crippen LogP contribution in [0.25, 0.3) is 6.08 Å². The normalized spacial score (nSPS) is 11.2. The number of hydrogen-bond acceptors (Lipinski definition) is 5. The predicted octanol–water partition coefficient (Wildman–Crippen LogP) is 6.76. The zero-order valence-corrected chi connectivity index (χ0v) is 18.7. The van der Waals surface area contributed by atoms with Gasteiger partial charge in [0, 0.05) is 22.4 Å². The summed E-state index contributed by atoms with van der Waals surface area (Å²) in [6.45, 7) is 0. The number of nitro groups is 1. The third-order valence-corrected chi connectivity index (χ3v) is 6.05. The number of nitrogens with zero attached hydrogens (tertiary/aromatic N) is 1. The maximum atomic E-state index is 13.2. The first-order valence-electron chi connectivity index (χ1n) is 9.15. The van der Waals surface area contributed by atoms with Gasteiger partial charge in [-0.05, 0) is 47.5 Å². The van der Waals surface area contributed by atoms with E-state index in [9.17, 15) is 19.7 Å². The van der Waals surface area contributed by atoms with Crippen LogP contribution in [-0.4, -0.2) is 21.8 Å². The van der Waals surface area contributed by atoms with Crippen LogP contribution in [0.1, 0.15) is 31.8 Å². The Balaban J connectivity index is 1.96. The quantitative estimate of drug-likeness (QED) is 0.163. The van der Waals surface area contributed by atoms with Gasteiger partial charge in [-0.15, -0.1) is 11.8 Å². The molecule has 0 amide bonds. The summed E-state index contributed by atoms with van der Waals surface area (Å²) in [4.78, 5) is 35.2. The summed E-state index contributed by atoms with van der Waals surface area (Å²) in [6, 6.07) is 17.0. The molecule has 0 aliphatic heterocycles. The molecule has 9 heteroatoms. The highest BCUT2D eigenvalue weighted by Crippen LogP contribution is 2.31. The zero-order valence-electron chi connectivity index (χ0n) is 16.3. The van der Waals surface area contributed by atoms with Gasteiger partial charge < -0.3 is 5.11 Å². The number of nitro benzene ring substituents is 1. The van der Waals surface area contributed by atoms with Crippen molar-refractivity contribution >= 4 is 58.5 Å². The number of carbonyl (C=O) groups is 2. The monoisotopic (exact) mass is 487 g/mol. The highest BCUT2D eigenvalue weighted by atomic mass is 35.5. The number of ketones is 1. The van der Waals surface area contributed by atoms with Gasteiger partial charge in [-0.25, -0.2) is 4.79 Å². The predicted molar refractivity (Wildman–Crippen MR) is 127 cm³/mol. The van der Waals surface area contributed by atoms with Gasteiger partial charge >= 0.3 is 5.97 Å². The van der Waals surface area contributed by atoms with Crippen LogP contribution in [0, 0.1) is 10.1 Å². The van der Waals surface area contributed by atoms with Gasteiger partial charge in [0.25, 0.3) is 5.69 Å². The van der Waals surface area contributed by atoms with Gasteiger partial charge in [0.2, 0.25) is 0 Å². The zero-order chi connectivity index (χ0) is 23.3. The number of carboxylic acid groups (broad SMARTS) is 1. The molecule has 1 N–H and O–H groups in total. The number of halogens is 2. The van der Waals surface area contributed by atoms with Gasteiger partial charge in [-0.1, -0.05) is 53.5 Å². The molecule has 0 saturated carbocycles. The molecule has 0 saturated heterocycles. The molecule has 0 aliphatic carbocycles. The first kappa shape index (κ1) is 23.5. The number of carbonyl (C=O) groups excluding carboxylic acids is 1. The Labute approximate surface area is 197 Å². The third-order valence-electron chi connectivity index (χ3n) is 4.39. The number of hydrogen-bond donors (Lipinski definition) is 1. The molecule has 6 nitrogen and oxygen atoms in total. The number of allylic oxidation sites excluding steroid dienone is 1. The van der Waals surface area contributed by atoms with Crippen molar-refractivity contribution in [2.45, 2.75) is 5.75 Å². The fraction of sp³-hybridized carbons (Fsp3) is 0.0435. The lowest BCUT2D eigenvalue weighted by molar-refractivity contribution is -0.384. The van der Waals surface area contributed by atoms with Crippen molar-refractivity contribution in [1.29, 1.82) is 0 Å². The first-order chi connectivity index (χ1) is 15.2. The number of rotatable bonds is 8. The van der Waals surface area contributed by atoms with E-state index in [4.69, 9.17) is 28.3 Å². The largest absolute Gasteiger partial charge is 0.478 e. The van der Waals surface area contributed by atoms with Crippen molar-refractivity contribution < 1.29 is 19.6 Å². The van der Waals surface area contributed by atoms with Crippen LogP contribution in [0.5, 0.6) is 0 Å². The van der Waals surface area contributed by atoms with Crippen molar-refractivity contribution in [2.75, 3.05) is 0 Å². The van der Waals surface area contributed by atoms with E-state index in [1.165, 1.54) is 48.2 Å². The fourth-order valence-electron chi connectivity index (χ4n) is 2.73. The molecule has 32 heavy (non-hydrogen) atoms. The summed E-state index contributed by atoms with van der Waals surface area (Å²) in [5.74, 6) is -0.971. The van der Waals surface area contributed by atoms with E-state index < -0.39 is 10.9 Å². The molecule has 0 radical (unpaired) electrons. The minimum absolute atomic E-state index is 0.00176. The average molecular weight is 488 g/mol. The van der Waals surface area contributed by atoms with Crippen molar-refractivity contribution in [3.8, 4) is 0 Å². The van der Waals surface area contributed by atoms with E-state index >= 15 is 0 Å². The third kappa shape index (κ3) is 5.97. The molecule has 3 rings (SSSR count). The summed E-state index contributed by atoms with van der Waals surface area (Å²) in [5.41, 5.74) is 1.47. The number of Topliss-reactive ketones (excluding diaryl/α,β-unsaturated/α-hetero) is 1. The van der Waals surface area contributed by atoms with Crippen molar-refractivity contribution in [3.05, 3.63) is 114 Å². The second-order valence-corrected chi connectivity index (χ2v) is 8.46. The molecule has 0 aliphatic rings. The molecule has 0 fully saturated rings. The smallest absolute Gasteiger partial charge is 0.335 e. The molecule has 3 aromatic rings. The Kier molecular flexibility index (Phi) is 7.69. The molecule has 0 aromatic heterocycles. The average Bonchev–Trinajstić information content (AvgIpc) is 2.78. The van der Waals surface area contributed by atoms with E-state index in [0.717, 1.165) is 5.56 Å². The van der Waals surface area contributed by atoms with Crippen LogP contribution in [-0.2, 0) is 5.75 Å². The molecule has 0 bridgehead atoms. The highest BCUT2D eigenvalue weighted by molar-refractivity contribution is 8.03. The van der Waals surface area contributed by atoms with Gasteiger partial charge in [0.15, 0.2) is 5.78 Å². The maximum absolute atomic E-state index is 13.2. The Hall–Kier alpha value is -3.13. The lowest BCUT2D eigenvalue weighted by Crippen LogP contribution is -2.03. The van der Waals surface area contributed by atoms with E-state index in [2.05, 4.69) is 0 Å². The van der Waals surface area contributed by atoms with Crippen LogP contribution in [0.3, 0.4) is 0 Å². The van der Waals surface area contributed by atoms with Gasteiger partial charge in [-0.3, -0.25) is 14.9 Å². The second kappa shape index (κ2) is 10.5. The summed E-state index contributed by atoms with van der Waals surface area (Å²) >= 11 is 13.1. The van der Waals surface area contributed by atoms with Crippen LogP contribution in [0.2, 0.25) is 10.0 Å². The lowest BCUT2D eigenvalue weighted by Gasteiger charge is -2.09. The fourth-order valence-corrected chi connectivity index (χ4v) is 4.03. The van der Waals surface area contributed by atoms with E-state index in [1.54, 1.807) is 24.3 Å². The molecular formula is C23H15Cl2NO5S. The van der Waals surface area contributed by atoms with Crippen LogP contribution in [0.15, 0.2) is 71.6 Å². The molecule has 0 unspecified atom stereocenters. The number of carboxylic acids is 1. The van der Waals surface area contributed by atoms with Crippen molar-refractivity contribution in [2.24, 2.45) is 0 Å². The number of thioether (sulfide) groups is 1. The highest BCUT2D eigenvalue weighted by Gasteiger charge is 2.17. The van der Waals surface area contributed by atoms with Crippen LogP contribution in [0.4, 0.5) is 5.69 Å². The molecule has 0 spiro atoms. The van der Waals surface area contributed by atoms with Crippen molar-refractivity contribution in [3.63, 3.8) is 0 Å². The summed E-state index contributed by atoms with van der Waals surface area (Å²) in [5, 5.41) is 20.9. The Morgan fingerprint density at radius 3 is 2.19 bits per heavy atom. The van der Waals surface area contributed by atoms with Gasteiger partial charge in [-0.2, -0.15) is 0 Å². The van der Waals surface area contributed by atoms with Gasteiger partial charge in [0.1, 0.15) is 5.02 Å². The molecule has 162 valence electrons. The topological polar surface area (TPSA) is 97.5 Å². The Bertz CT molecular complexity index is 1210. The van der Waals surface area contributed by atoms with Crippen molar-refractivity contribution in [1.82, 2.24) is 0 Å². The maximum Gasteiger partial charge on any atom is 0.335 e. The second-order valence-electron chi connectivity index (χ2n) is 6.60. The Morgan fingerprint density at radius 1 is 0.969 bits per heavy atom. The molecule has 3 aromatic carbocycles. The lowest BCUT2D eigenvalue weighted by atomic mass is 10.1. The number of benzene rings is 3. The Morgan fingerprint density at radius 2 is 1.59 bits per heavy atom. The summed E-state index contributed by atoms with van der Waals surface area (Å²) < 4.78 is 0. The van der Waals surface area contributed by atoms with Crippen LogP contribution < -0.4 is 0 Å². The van der Waals surface area contributed by atoms with E-state index in [1.807, 2.05) is 12.1 Å². The van der Waals surface area contributed by atoms with E-state index in [-0.39, 0.29) is 22.1 Å². The summed E-state index contributed by atoms with van der Waals surface area (Å²) in [6.07, 6.45) is 1.55. The summed E-state index contributed by atoms with van der Waals surface area (Å²) in [7, 11) is 0. The van der Waals surface area contributed by atoms with Crippen LogP contribution >= 0.6 is 35.0 Å². The molecule has 0 heterocycles. The SMILES string of the molecule is O=C(O)c1ccc(C(=O)/C(=C\c2ccc(Cl)c([N+](=O)[O-])c2)SCc2ccc(Cl)cc2)cc1. The number of aromatic carboxylic acids is 1. The minimum atomic E-state index is -1.09. The minimum Gasteiger partial charge on any atom is -0.478 e.